The van der Waals surface area contributed by atoms with Gasteiger partial charge in [0.1, 0.15) is 0 Å². The van der Waals surface area contributed by atoms with Gasteiger partial charge in [0.2, 0.25) is 0 Å². The normalized spacial score (nSPS) is 24.5. The van der Waals surface area contributed by atoms with Crippen LogP contribution in [0.2, 0.25) is 0 Å². The number of rotatable bonds is 8. The molecule has 0 unspecified atom stereocenters. The molecule has 0 heterocycles. The van der Waals surface area contributed by atoms with E-state index in [0.717, 1.165) is 18.3 Å². The predicted molar refractivity (Wildman–Crippen MR) is 74.0 cm³/mol. The Hall–Kier alpha value is -0.590. The lowest BCUT2D eigenvalue weighted by Gasteiger charge is -2.28. The summed E-state index contributed by atoms with van der Waals surface area (Å²) < 4.78 is 0. The highest BCUT2D eigenvalue weighted by molar-refractivity contribution is 5.88. The van der Waals surface area contributed by atoms with Gasteiger partial charge in [0.05, 0.1) is 0 Å². The van der Waals surface area contributed by atoms with Crippen molar-refractivity contribution in [1.29, 1.82) is 0 Å². The van der Waals surface area contributed by atoms with Crippen molar-refractivity contribution in [3.63, 3.8) is 0 Å². The fourth-order valence-corrected chi connectivity index (χ4v) is 2.94. The third-order valence-electron chi connectivity index (χ3n) is 4.21. The third kappa shape index (κ3) is 6.05. The monoisotopic (exact) mass is 236 g/mol. The zero-order valence-electron chi connectivity index (χ0n) is 11.4. The summed E-state index contributed by atoms with van der Waals surface area (Å²) in [5.74, 6) is 2.00. The van der Waals surface area contributed by atoms with Crippen molar-refractivity contribution in [1.82, 2.24) is 0 Å². The summed E-state index contributed by atoms with van der Waals surface area (Å²) in [6.45, 7) is 5.80. The first-order valence-corrected chi connectivity index (χ1v) is 7.41. The lowest BCUT2D eigenvalue weighted by molar-refractivity contribution is -0.114. The predicted octanol–water partition coefficient (Wildman–Crippen LogP) is 4.91. The molecular weight excluding hydrogens is 208 g/mol. The minimum absolute atomic E-state index is 0.218. The average molecular weight is 236 g/mol. The quantitative estimate of drug-likeness (QED) is 0.432. The molecule has 0 spiro atoms. The zero-order valence-corrected chi connectivity index (χ0v) is 11.4. The minimum Gasteiger partial charge on any atom is -0.295 e. The van der Waals surface area contributed by atoms with E-state index >= 15 is 0 Å². The summed E-state index contributed by atoms with van der Waals surface area (Å²) in [4.78, 5) is 11.2. The van der Waals surface area contributed by atoms with Gasteiger partial charge < -0.3 is 0 Å². The van der Waals surface area contributed by atoms with Gasteiger partial charge in [-0.2, -0.15) is 0 Å². The standard InChI is InChI=1S/C16H28O/c1-3-5-6-7-14-8-10-15(11-9-14)12-13-16(17)4-2/h4,14-15H,2-3,5-13H2,1H3. The van der Waals surface area contributed by atoms with E-state index in [-0.39, 0.29) is 5.78 Å². The molecule has 1 aliphatic rings. The van der Waals surface area contributed by atoms with E-state index in [1.807, 2.05) is 0 Å². The van der Waals surface area contributed by atoms with Crippen LogP contribution in [0.25, 0.3) is 0 Å². The van der Waals surface area contributed by atoms with Crippen LogP contribution < -0.4 is 0 Å². The van der Waals surface area contributed by atoms with E-state index in [1.54, 1.807) is 0 Å². The molecule has 0 saturated heterocycles. The molecule has 0 radical (unpaired) electrons. The van der Waals surface area contributed by atoms with Gasteiger partial charge in [-0.05, 0) is 24.3 Å². The highest BCUT2D eigenvalue weighted by atomic mass is 16.1. The van der Waals surface area contributed by atoms with E-state index in [9.17, 15) is 4.79 Å². The van der Waals surface area contributed by atoms with Gasteiger partial charge >= 0.3 is 0 Å². The Morgan fingerprint density at radius 2 is 1.71 bits per heavy atom. The lowest BCUT2D eigenvalue weighted by atomic mass is 9.78. The number of ketones is 1. The highest BCUT2D eigenvalue weighted by Gasteiger charge is 2.20. The number of carbonyl (C=O) groups excluding carboxylic acids is 1. The highest BCUT2D eigenvalue weighted by Crippen LogP contribution is 2.34. The summed E-state index contributed by atoms with van der Waals surface area (Å²) in [7, 11) is 0. The van der Waals surface area contributed by atoms with E-state index in [4.69, 9.17) is 0 Å². The van der Waals surface area contributed by atoms with Crippen molar-refractivity contribution < 1.29 is 4.79 Å². The Kier molecular flexibility index (Phi) is 7.23. The van der Waals surface area contributed by atoms with Gasteiger partial charge in [0, 0.05) is 6.42 Å². The lowest BCUT2D eigenvalue weighted by Crippen LogP contribution is -2.15. The first-order chi connectivity index (χ1) is 8.26. The maximum Gasteiger partial charge on any atom is 0.155 e. The van der Waals surface area contributed by atoms with Crippen molar-refractivity contribution >= 4 is 5.78 Å². The van der Waals surface area contributed by atoms with Gasteiger partial charge in [0.15, 0.2) is 5.78 Å². The van der Waals surface area contributed by atoms with Crippen molar-refractivity contribution in [2.45, 2.75) is 71.1 Å². The molecule has 0 atom stereocenters. The topological polar surface area (TPSA) is 17.1 Å². The van der Waals surface area contributed by atoms with E-state index in [2.05, 4.69) is 13.5 Å². The van der Waals surface area contributed by atoms with Gasteiger partial charge in [-0.1, -0.05) is 64.9 Å². The second-order valence-corrected chi connectivity index (χ2v) is 5.59. The summed E-state index contributed by atoms with van der Waals surface area (Å²) >= 11 is 0. The molecular formula is C16H28O. The van der Waals surface area contributed by atoms with Crippen LogP contribution >= 0.6 is 0 Å². The summed E-state index contributed by atoms with van der Waals surface area (Å²) in [5.41, 5.74) is 0. The van der Waals surface area contributed by atoms with Crippen LogP contribution in [0.1, 0.15) is 71.1 Å². The smallest absolute Gasteiger partial charge is 0.155 e. The molecule has 1 nitrogen and oxygen atoms in total. The second-order valence-electron chi connectivity index (χ2n) is 5.59. The molecule has 0 aromatic carbocycles. The van der Waals surface area contributed by atoms with Crippen molar-refractivity contribution in [2.75, 3.05) is 0 Å². The van der Waals surface area contributed by atoms with Crippen LogP contribution in [0.15, 0.2) is 12.7 Å². The fraction of sp³-hybridized carbons (Fsp3) is 0.812. The third-order valence-corrected chi connectivity index (χ3v) is 4.21. The molecule has 1 rings (SSSR count). The Bertz CT molecular complexity index is 224. The number of allylic oxidation sites excluding steroid dienone is 1. The van der Waals surface area contributed by atoms with Gasteiger partial charge in [0.25, 0.3) is 0 Å². The molecule has 0 aromatic heterocycles. The number of hydrogen-bond donors (Lipinski definition) is 0. The zero-order chi connectivity index (χ0) is 12.5. The average Bonchev–Trinajstić information content (AvgIpc) is 2.37. The van der Waals surface area contributed by atoms with E-state index in [1.165, 1.54) is 57.4 Å². The molecule has 0 aliphatic heterocycles. The summed E-state index contributed by atoms with van der Waals surface area (Å²) in [6, 6.07) is 0. The van der Waals surface area contributed by atoms with E-state index < -0.39 is 0 Å². The molecule has 1 saturated carbocycles. The van der Waals surface area contributed by atoms with Gasteiger partial charge in [-0.15, -0.1) is 0 Å². The Morgan fingerprint density at radius 3 is 2.24 bits per heavy atom. The number of carbonyl (C=O) groups is 1. The van der Waals surface area contributed by atoms with Crippen molar-refractivity contribution in [3.8, 4) is 0 Å². The summed E-state index contributed by atoms with van der Waals surface area (Å²) in [6.07, 6.45) is 14.4. The number of unbranched alkanes of at least 4 members (excludes halogenated alkanes) is 2. The maximum absolute atomic E-state index is 11.2. The number of hydrogen-bond acceptors (Lipinski definition) is 1. The molecule has 1 heteroatoms. The molecule has 0 amide bonds. The fourth-order valence-electron chi connectivity index (χ4n) is 2.94. The van der Waals surface area contributed by atoms with Gasteiger partial charge in [-0.25, -0.2) is 0 Å². The van der Waals surface area contributed by atoms with Crippen molar-refractivity contribution in [2.24, 2.45) is 11.8 Å². The van der Waals surface area contributed by atoms with Crippen molar-refractivity contribution in [3.05, 3.63) is 12.7 Å². The summed E-state index contributed by atoms with van der Waals surface area (Å²) in [5, 5.41) is 0. The van der Waals surface area contributed by atoms with Crippen LogP contribution in [-0.4, -0.2) is 5.78 Å². The minimum atomic E-state index is 0.218. The molecule has 0 bridgehead atoms. The van der Waals surface area contributed by atoms with Crippen LogP contribution in [0.3, 0.4) is 0 Å². The Balaban J connectivity index is 2.08. The Morgan fingerprint density at radius 1 is 1.12 bits per heavy atom. The first-order valence-electron chi connectivity index (χ1n) is 7.41. The molecule has 1 fully saturated rings. The molecule has 0 aromatic rings. The van der Waals surface area contributed by atoms with Gasteiger partial charge in [-0.3, -0.25) is 4.79 Å². The Labute approximate surface area is 107 Å². The first kappa shape index (κ1) is 14.5. The largest absolute Gasteiger partial charge is 0.295 e. The molecule has 98 valence electrons. The van der Waals surface area contributed by atoms with Crippen LogP contribution in [0.5, 0.6) is 0 Å². The maximum atomic E-state index is 11.2. The molecule has 1 aliphatic carbocycles. The van der Waals surface area contributed by atoms with Crippen LogP contribution in [-0.2, 0) is 4.79 Å². The van der Waals surface area contributed by atoms with E-state index in [0.29, 0.717) is 6.42 Å². The SMILES string of the molecule is C=CC(=O)CCC1CCC(CCCCC)CC1. The second kappa shape index (κ2) is 8.49. The molecule has 0 N–H and O–H groups in total. The van der Waals surface area contributed by atoms with Crippen LogP contribution in [0, 0.1) is 11.8 Å². The van der Waals surface area contributed by atoms with Crippen LogP contribution in [0.4, 0.5) is 0 Å². The molecule has 17 heavy (non-hydrogen) atoms.